The zero-order valence-corrected chi connectivity index (χ0v) is 27.9. The monoisotopic (exact) mass is 689 g/mol. The van der Waals surface area contributed by atoms with Crippen LogP contribution in [0.1, 0.15) is 33.5 Å². The van der Waals surface area contributed by atoms with E-state index in [2.05, 4.69) is 0 Å². The molecule has 0 radical (unpaired) electrons. The third-order valence-corrected chi connectivity index (χ3v) is 8.40. The molecule has 1 heterocycles. The number of rotatable bonds is 16. The molecule has 262 valence electrons. The molecule has 6 rings (SSSR count). The molecule has 1 fully saturated rings. The van der Waals surface area contributed by atoms with E-state index in [1.54, 1.807) is 0 Å². The fourth-order valence-corrected chi connectivity index (χ4v) is 5.78. The first-order chi connectivity index (χ1) is 25.0. The Morgan fingerprint density at radius 1 is 0.608 bits per heavy atom. The Morgan fingerprint density at radius 3 is 1.59 bits per heavy atom. The van der Waals surface area contributed by atoms with Crippen molar-refractivity contribution < 1.29 is 38.1 Å². The number of hydrogen-bond donors (Lipinski definition) is 0. The van der Waals surface area contributed by atoms with Crippen molar-refractivity contribution in [1.29, 1.82) is 0 Å². The molecule has 0 N–H and O–H groups in total. The van der Waals surface area contributed by atoms with E-state index in [0.29, 0.717) is 12.2 Å². The van der Waals surface area contributed by atoms with Gasteiger partial charge < -0.3 is 28.4 Å². The predicted molar refractivity (Wildman–Crippen MR) is 189 cm³/mol. The summed E-state index contributed by atoms with van der Waals surface area (Å²) in [5.41, 5.74) is 2.79. The molecule has 0 bridgehead atoms. The third-order valence-electron chi connectivity index (χ3n) is 8.40. The van der Waals surface area contributed by atoms with Crippen molar-refractivity contribution in [1.82, 2.24) is 0 Å². The highest BCUT2D eigenvalue weighted by molar-refractivity contribution is 5.89. The maximum Gasteiger partial charge on any atom is 0.340 e. The van der Waals surface area contributed by atoms with Crippen molar-refractivity contribution in [3.8, 4) is 5.75 Å². The summed E-state index contributed by atoms with van der Waals surface area (Å²) in [5.74, 6) is -0.0230. The van der Waals surface area contributed by atoms with Gasteiger partial charge in [0.25, 0.3) is 5.69 Å². The van der Waals surface area contributed by atoms with Crippen LogP contribution in [0.25, 0.3) is 0 Å². The van der Waals surface area contributed by atoms with Crippen molar-refractivity contribution in [3.63, 3.8) is 0 Å². The standard InChI is InChI=1S/C41H39NO9/c43-40(33-21-23-34(24-22-33)42(44)45)51-41-39(49-29-32-17-9-3-10-18-32)38(48-28-31-15-7-2-8-16-31)37(47-27-30-13-5-1-6-14-30)36(50-41)25-26-46-35-19-11-4-12-20-35/h1-24,36-39,41H,25-29H2/t36-,37-,38+,39-,41+/m1/s1. The number of benzene rings is 5. The van der Waals surface area contributed by atoms with Gasteiger partial charge in [-0.1, -0.05) is 109 Å². The fraction of sp³-hybridized carbons (Fsp3) is 0.244. The number of nitro benzene ring substituents is 1. The van der Waals surface area contributed by atoms with Gasteiger partial charge in [0.2, 0.25) is 6.29 Å². The van der Waals surface area contributed by atoms with Crippen LogP contribution >= 0.6 is 0 Å². The fourth-order valence-electron chi connectivity index (χ4n) is 5.78. The summed E-state index contributed by atoms with van der Waals surface area (Å²) in [6.07, 6.45) is -3.86. The van der Waals surface area contributed by atoms with E-state index >= 15 is 0 Å². The van der Waals surface area contributed by atoms with Gasteiger partial charge in [-0.2, -0.15) is 0 Å². The molecule has 0 saturated carbocycles. The Kier molecular flexibility index (Phi) is 12.5. The number of ether oxygens (including phenoxy) is 6. The van der Waals surface area contributed by atoms with Gasteiger partial charge >= 0.3 is 5.97 Å². The SMILES string of the molecule is O=C(O[C@@H]1O[C@H](CCOc2ccccc2)[C@@H](OCc2ccccc2)[C@H](OCc2ccccc2)[C@H]1OCc1ccccc1)c1ccc([N+](=O)[O-])cc1. The molecule has 5 atom stereocenters. The minimum Gasteiger partial charge on any atom is -0.493 e. The number of para-hydroxylation sites is 1. The number of nitrogens with zero attached hydrogens (tertiary/aromatic N) is 1. The number of nitro groups is 1. The summed E-state index contributed by atoms with van der Waals surface area (Å²) in [4.78, 5) is 24.3. The van der Waals surface area contributed by atoms with Crippen molar-refractivity contribution in [3.05, 3.63) is 178 Å². The molecule has 5 aromatic rings. The zero-order chi connectivity index (χ0) is 35.3. The van der Waals surface area contributed by atoms with Gasteiger partial charge in [-0.3, -0.25) is 10.1 Å². The molecule has 5 aromatic carbocycles. The summed E-state index contributed by atoms with van der Waals surface area (Å²) < 4.78 is 38.6. The van der Waals surface area contributed by atoms with Crippen molar-refractivity contribution in [2.24, 2.45) is 0 Å². The first-order valence-electron chi connectivity index (χ1n) is 16.8. The first kappa shape index (κ1) is 35.4. The van der Waals surface area contributed by atoms with Crippen molar-refractivity contribution in [2.45, 2.75) is 56.9 Å². The Morgan fingerprint density at radius 2 is 1.08 bits per heavy atom. The second kappa shape index (κ2) is 18.0. The maximum absolute atomic E-state index is 13.6. The van der Waals surface area contributed by atoms with Crippen LogP contribution < -0.4 is 4.74 Å². The number of non-ortho nitro benzene ring substituents is 1. The molecule has 0 aliphatic carbocycles. The normalized spacial score (nSPS) is 20.0. The molecule has 0 aromatic heterocycles. The lowest BCUT2D eigenvalue weighted by Crippen LogP contribution is -2.61. The molecular formula is C41H39NO9. The highest BCUT2D eigenvalue weighted by Crippen LogP contribution is 2.33. The van der Waals surface area contributed by atoms with Crippen LogP contribution in [0.5, 0.6) is 5.75 Å². The molecular weight excluding hydrogens is 650 g/mol. The summed E-state index contributed by atoms with van der Waals surface area (Å²) in [5, 5.41) is 11.2. The number of carbonyl (C=O) groups excluding carboxylic acids is 1. The van der Waals surface area contributed by atoms with Crippen LogP contribution in [0.4, 0.5) is 5.69 Å². The first-order valence-corrected chi connectivity index (χ1v) is 16.8. The molecule has 1 saturated heterocycles. The minimum absolute atomic E-state index is 0.124. The van der Waals surface area contributed by atoms with Gasteiger partial charge in [0, 0.05) is 18.6 Å². The zero-order valence-electron chi connectivity index (χ0n) is 27.9. The molecule has 0 spiro atoms. The van der Waals surface area contributed by atoms with E-state index in [0.717, 1.165) is 16.7 Å². The van der Waals surface area contributed by atoms with E-state index < -0.39 is 41.6 Å². The van der Waals surface area contributed by atoms with E-state index in [1.807, 2.05) is 121 Å². The number of hydrogen-bond acceptors (Lipinski definition) is 9. The molecule has 0 amide bonds. The van der Waals surface area contributed by atoms with Crippen LogP contribution in [-0.2, 0) is 43.5 Å². The average Bonchev–Trinajstić information content (AvgIpc) is 3.18. The summed E-state index contributed by atoms with van der Waals surface area (Å²) in [7, 11) is 0. The van der Waals surface area contributed by atoms with Crippen molar-refractivity contribution in [2.75, 3.05) is 6.61 Å². The highest BCUT2D eigenvalue weighted by Gasteiger charge is 2.50. The van der Waals surface area contributed by atoms with Crippen LogP contribution in [-0.4, -0.2) is 48.2 Å². The third kappa shape index (κ3) is 10.1. The Balaban J connectivity index is 1.32. The molecule has 10 nitrogen and oxygen atoms in total. The van der Waals surface area contributed by atoms with E-state index in [-0.39, 0.29) is 37.7 Å². The molecule has 51 heavy (non-hydrogen) atoms. The molecule has 1 aliphatic rings. The smallest absolute Gasteiger partial charge is 0.340 e. The van der Waals surface area contributed by atoms with Crippen LogP contribution in [0.3, 0.4) is 0 Å². The second-order valence-corrected chi connectivity index (χ2v) is 12.0. The van der Waals surface area contributed by atoms with E-state index in [4.69, 9.17) is 28.4 Å². The largest absolute Gasteiger partial charge is 0.493 e. The van der Waals surface area contributed by atoms with Gasteiger partial charge in [0.05, 0.1) is 43.0 Å². The second-order valence-electron chi connectivity index (χ2n) is 12.0. The summed E-state index contributed by atoms with van der Waals surface area (Å²) >= 11 is 0. The van der Waals surface area contributed by atoms with Gasteiger partial charge in [-0.15, -0.1) is 0 Å². The average molecular weight is 690 g/mol. The molecule has 1 aliphatic heterocycles. The van der Waals surface area contributed by atoms with E-state index in [9.17, 15) is 14.9 Å². The quantitative estimate of drug-likeness (QED) is 0.0584. The van der Waals surface area contributed by atoms with E-state index in [1.165, 1.54) is 24.3 Å². The molecule has 10 heteroatoms. The lowest BCUT2D eigenvalue weighted by molar-refractivity contribution is -0.384. The predicted octanol–water partition coefficient (Wildman–Crippen LogP) is 7.70. The Labute approximate surface area is 296 Å². The van der Waals surface area contributed by atoms with Gasteiger partial charge in [-0.25, -0.2) is 4.79 Å². The number of esters is 1. The van der Waals surface area contributed by atoms with Crippen molar-refractivity contribution >= 4 is 11.7 Å². The summed E-state index contributed by atoms with van der Waals surface area (Å²) in [6.45, 7) is 0.968. The lowest BCUT2D eigenvalue weighted by atomic mass is 9.95. The summed E-state index contributed by atoms with van der Waals surface area (Å²) in [6, 6.07) is 43.9. The van der Waals surface area contributed by atoms with Gasteiger partial charge in [0.15, 0.2) is 0 Å². The van der Waals surface area contributed by atoms with Crippen LogP contribution in [0.15, 0.2) is 146 Å². The Bertz CT molecular complexity index is 1790. The lowest BCUT2D eigenvalue weighted by Gasteiger charge is -2.45. The Hall–Kier alpha value is -5.39. The van der Waals surface area contributed by atoms with Gasteiger partial charge in [-0.05, 0) is 41.0 Å². The topological polar surface area (TPSA) is 116 Å². The van der Waals surface area contributed by atoms with Crippen LogP contribution in [0, 0.1) is 10.1 Å². The maximum atomic E-state index is 13.6. The molecule has 0 unspecified atom stereocenters. The minimum atomic E-state index is -1.23. The van der Waals surface area contributed by atoms with Crippen LogP contribution in [0.2, 0.25) is 0 Å². The van der Waals surface area contributed by atoms with Gasteiger partial charge in [0.1, 0.15) is 24.1 Å². The highest BCUT2D eigenvalue weighted by atomic mass is 16.7. The number of carbonyl (C=O) groups is 1.